The van der Waals surface area contributed by atoms with Crippen molar-refractivity contribution in [2.24, 2.45) is 5.84 Å². The average molecular weight is 275 g/mol. The fourth-order valence-corrected chi connectivity index (χ4v) is 3.50. The molecule has 0 atom stereocenters. The molecule has 20 heavy (non-hydrogen) atoms. The Hall–Kier alpha value is -1.62. The van der Waals surface area contributed by atoms with Crippen molar-refractivity contribution in [2.45, 2.75) is 31.7 Å². The van der Waals surface area contributed by atoms with E-state index < -0.39 is 0 Å². The lowest BCUT2D eigenvalue weighted by Gasteiger charge is -2.37. The quantitative estimate of drug-likeness (QED) is 0.521. The molecule has 2 aliphatic rings. The van der Waals surface area contributed by atoms with Crippen LogP contribution in [0.4, 0.5) is 11.4 Å². The van der Waals surface area contributed by atoms with Gasteiger partial charge in [-0.05, 0) is 44.8 Å². The second-order valence-electron chi connectivity index (χ2n) is 5.78. The summed E-state index contributed by atoms with van der Waals surface area (Å²) in [7, 11) is 0. The van der Waals surface area contributed by atoms with Gasteiger partial charge in [0.2, 0.25) is 0 Å². The Balaban J connectivity index is 1.67. The van der Waals surface area contributed by atoms with Crippen molar-refractivity contribution in [3.63, 3.8) is 0 Å². The number of nitroso groups, excluding NO2 is 1. The van der Waals surface area contributed by atoms with Gasteiger partial charge in [0, 0.05) is 25.2 Å². The Morgan fingerprint density at radius 3 is 2.35 bits per heavy atom. The first-order chi connectivity index (χ1) is 9.75. The summed E-state index contributed by atoms with van der Waals surface area (Å²) in [5, 5.41) is 0. The molecule has 0 aromatic heterocycles. The van der Waals surface area contributed by atoms with Crippen molar-refractivity contribution >= 4 is 11.4 Å². The van der Waals surface area contributed by atoms with Crippen molar-refractivity contribution in [2.75, 3.05) is 31.1 Å². The molecule has 0 amide bonds. The van der Waals surface area contributed by atoms with Crippen molar-refractivity contribution in [3.8, 4) is 0 Å². The van der Waals surface area contributed by atoms with Gasteiger partial charge >= 0.3 is 5.69 Å². The third kappa shape index (κ3) is 2.63. The van der Waals surface area contributed by atoms with E-state index in [0.29, 0.717) is 10.6 Å². The average Bonchev–Trinajstić information content (AvgIpc) is 3.02. The Morgan fingerprint density at radius 1 is 1.05 bits per heavy atom. The van der Waals surface area contributed by atoms with Gasteiger partial charge in [0.1, 0.15) is 5.69 Å². The van der Waals surface area contributed by atoms with Crippen LogP contribution >= 0.6 is 0 Å². The van der Waals surface area contributed by atoms with Gasteiger partial charge in [-0.15, -0.1) is 0 Å². The number of nitrogens with zero attached hydrogens (tertiary/aromatic N) is 3. The third-order valence-electron chi connectivity index (χ3n) is 4.58. The zero-order chi connectivity index (χ0) is 13.9. The maximum absolute atomic E-state index is 11.4. The van der Waals surface area contributed by atoms with Gasteiger partial charge < -0.3 is 9.80 Å². The van der Waals surface area contributed by atoms with Crippen LogP contribution in [-0.2, 0) is 0 Å². The van der Waals surface area contributed by atoms with E-state index in [0.717, 1.165) is 24.8 Å². The first-order valence-corrected chi connectivity index (χ1v) is 7.55. The highest BCUT2D eigenvalue weighted by molar-refractivity contribution is 5.63. The molecule has 0 bridgehead atoms. The minimum absolute atomic E-state index is 0.474. The molecule has 0 spiro atoms. The van der Waals surface area contributed by atoms with E-state index in [1.165, 1.54) is 38.8 Å². The Kier molecular flexibility index (Phi) is 3.87. The monoisotopic (exact) mass is 275 g/mol. The Morgan fingerprint density at radius 2 is 1.70 bits per heavy atom. The van der Waals surface area contributed by atoms with E-state index in [2.05, 4.69) is 9.80 Å². The number of para-hydroxylation sites is 2. The van der Waals surface area contributed by atoms with Gasteiger partial charge in [0.05, 0.1) is 4.91 Å². The van der Waals surface area contributed by atoms with Crippen LogP contribution in [0.15, 0.2) is 24.3 Å². The lowest BCUT2D eigenvalue weighted by Crippen LogP contribution is -2.44. The van der Waals surface area contributed by atoms with Crippen molar-refractivity contribution < 1.29 is 4.87 Å². The van der Waals surface area contributed by atoms with Crippen molar-refractivity contribution in [1.82, 2.24) is 4.90 Å². The summed E-state index contributed by atoms with van der Waals surface area (Å²) in [5.74, 6) is 5.39. The number of piperidine rings is 1. The summed E-state index contributed by atoms with van der Waals surface area (Å²) >= 11 is 0. The SMILES string of the molecule is N[N+](=O)c1ccccc1N1CCC(N2CCCC2)CC1. The third-order valence-corrected chi connectivity index (χ3v) is 4.58. The first-order valence-electron chi connectivity index (χ1n) is 7.55. The van der Waals surface area contributed by atoms with E-state index in [1.807, 2.05) is 18.2 Å². The molecule has 108 valence electrons. The van der Waals surface area contributed by atoms with Crippen LogP contribution in [0.1, 0.15) is 25.7 Å². The van der Waals surface area contributed by atoms with Crippen LogP contribution in [0.25, 0.3) is 0 Å². The van der Waals surface area contributed by atoms with Gasteiger partial charge in [-0.1, -0.05) is 12.1 Å². The number of anilines is 1. The number of hydrogen-bond acceptors (Lipinski definition) is 3. The standard InChI is InChI=1S/C15H23N4O/c16-19(20)15-6-2-1-5-14(15)18-11-7-13(8-12-18)17-9-3-4-10-17/h1-2,5-6,13H,3-4,7-12H2,(H2,16,20)/q+1. The highest BCUT2D eigenvalue weighted by Gasteiger charge is 2.29. The lowest BCUT2D eigenvalue weighted by atomic mass is 10.0. The Bertz CT molecular complexity index is 477. The maximum atomic E-state index is 11.4. The number of benzene rings is 1. The molecule has 2 fully saturated rings. The molecule has 2 heterocycles. The van der Waals surface area contributed by atoms with E-state index >= 15 is 0 Å². The maximum Gasteiger partial charge on any atom is 0.314 e. The van der Waals surface area contributed by atoms with Gasteiger partial charge in [-0.25, -0.2) is 0 Å². The molecule has 2 N–H and O–H groups in total. The first kappa shape index (κ1) is 13.4. The van der Waals surface area contributed by atoms with Crippen molar-refractivity contribution in [3.05, 3.63) is 29.2 Å². The van der Waals surface area contributed by atoms with E-state index in [4.69, 9.17) is 5.84 Å². The second-order valence-corrected chi connectivity index (χ2v) is 5.78. The number of rotatable bonds is 3. The van der Waals surface area contributed by atoms with Crippen LogP contribution in [0.5, 0.6) is 0 Å². The molecule has 0 aliphatic carbocycles. The predicted octanol–water partition coefficient (Wildman–Crippen LogP) is 2.04. The van der Waals surface area contributed by atoms with Crippen LogP contribution in [0.2, 0.25) is 0 Å². The predicted molar refractivity (Wildman–Crippen MR) is 80.0 cm³/mol. The van der Waals surface area contributed by atoms with E-state index in [1.54, 1.807) is 6.07 Å². The summed E-state index contributed by atoms with van der Waals surface area (Å²) in [6, 6.07) is 8.32. The highest BCUT2D eigenvalue weighted by atomic mass is 16.3. The van der Waals surface area contributed by atoms with Crippen molar-refractivity contribution in [1.29, 1.82) is 0 Å². The largest absolute Gasteiger partial charge is 0.366 e. The molecular weight excluding hydrogens is 252 g/mol. The molecule has 5 nitrogen and oxygen atoms in total. The molecular formula is C15H23N4O+. The molecule has 1 aromatic rings. The molecule has 1 aromatic carbocycles. The molecule has 3 rings (SSSR count). The second kappa shape index (κ2) is 5.79. The van der Waals surface area contributed by atoms with Gasteiger partial charge in [-0.2, -0.15) is 5.84 Å². The van der Waals surface area contributed by atoms with Crippen LogP contribution < -0.4 is 10.7 Å². The fraction of sp³-hybridized carbons (Fsp3) is 0.600. The van der Waals surface area contributed by atoms with Crippen LogP contribution in [-0.4, -0.2) is 42.0 Å². The fourth-order valence-electron chi connectivity index (χ4n) is 3.50. The summed E-state index contributed by atoms with van der Waals surface area (Å²) in [5.41, 5.74) is 1.52. The Labute approximate surface area is 119 Å². The van der Waals surface area contributed by atoms with Gasteiger partial charge in [-0.3, -0.25) is 0 Å². The zero-order valence-corrected chi connectivity index (χ0v) is 11.9. The highest BCUT2D eigenvalue weighted by Crippen LogP contribution is 2.30. The topological polar surface area (TPSA) is 52.6 Å². The minimum Gasteiger partial charge on any atom is -0.366 e. The normalized spacial score (nSPS) is 21.3. The summed E-state index contributed by atoms with van der Waals surface area (Å²) in [6.07, 6.45) is 5.05. The van der Waals surface area contributed by atoms with E-state index in [-0.39, 0.29) is 0 Å². The number of hydrazine groups is 1. The number of nitrogens with two attached hydrogens (primary N) is 1. The van der Waals surface area contributed by atoms with Crippen LogP contribution in [0, 0.1) is 4.91 Å². The molecule has 5 heteroatoms. The number of likely N-dealkylation sites (tertiary alicyclic amines) is 1. The minimum atomic E-state index is 0.474. The zero-order valence-electron chi connectivity index (χ0n) is 11.9. The molecule has 2 saturated heterocycles. The van der Waals surface area contributed by atoms with Crippen LogP contribution in [0.3, 0.4) is 0 Å². The van der Waals surface area contributed by atoms with Gasteiger partial charge in [0.25, 0.3) is 0 Å². The molecule has 0 radical (unpaired) electrons. The lowest BCUT2D eigenvalue weighted by molar-refractivity contribution is -0.474. The van der Waals surface area contributed by atoms with Gasteiger partial charge in [0.15, 0.2) is 4.87 Å². The van der Waals surface area contributed by atoms with E-state index in [9.17, 15) is 4.91 Å². The number of hydrogen-bond donors (Lipinski definition) is 1. The summed E-state index contributed by atoms with van der Waals surface area (Å²) in [4.78, 5) is 16.8. The molecule has 0 unspecified atom stereocenters. The smallest absolute Gasteiger partial charge is 0.314 e. The summed E-state index contributed by atoms with van der Waals surface area (Å²) in [6.45, 7) is 4.54. The molecule has 2 aliphatic heterocycles. The summed E-state index contributed by atoms with van der Waals surface area (Å²) < 4.78 is 0. The molecule has 0 saturated carbocycles.